The van der Waals surface area contributed by atoms with Crippen LogP contribution in [0, 0.1) is 0 Å². The number of rotatable bonds is 5. The van der Waals surface area contributed by atoms with E-state index in [-0.39, 0.29) is 11.9 Å². The van der Waals surface area contributed by atoms with Crippen molar-refractivity contribution in [2.24, 2.45) is 0 Å². The lowest BCUT2D eigenvalue weighted by Gasteiger charge is -2.37. The number of hydrogen-bond donors (Lipinski definition) is 1. The molecule has 1 aliphatic heterocycles. The average molecular weight is 363 g/mol. The van der Waals surface area contributed by atoms with E-state index in [2.05, 4.69) is 27.2 Å². The highest BCUT2D eigenvalue weighted by Crippen LogP contribution is 2.19. The van der Waals surface area contributed by atoms with Crippen molar-refractivity contribution in [1.82, 2.24) is 9.80 Å². The van der Waals surface area contributed by atoms with E-state index in [1.54, 1.807) is 6.26 Å². The maximum atomic E-state index is 12.7. The van der Waals surface area contributed by atoms with Gasteiger partial charge < -0.3 is 9.73 Å². The van der Waals surface area contributed by atoms with Gasteiger partial charge in [0.2, 0.25) is 5.91 Å². The molecule has 1 amide bonds. The fraction of sp³-hybridized carbons (Fsp3) is 0.318. The highest BCUT2D eigenvalue weighted by molar-refractivity contribution is 5.97. The molecule has 3 aromatic rings. The molecule has 1 saturated heterocycles. The van der Waals surface area contributed by atoms with Crippen LogP contribution in [0.2, 0.25) is 0 Å². The summed E-state index contributed by atoms with van der Waals surface area (Å²) < 4.78 is 5.43. The van der Waals surface area contributed by atoms with Gasteiger partial charge in [-0.05, 0) is 42.0 Å². The van der Waals surface area contributed by atoms with Crippen LogP contribution in [0.15, 0.2) is 65.3 Å². The summed E-state index contributed by atoms with van der Waals surface area (Å²) >= 11 is 0. The van der Waals surface area contributed by atoms with Crippen LogP contribution in [0.5, 0.6) is 0 Å². The monoisotopic (exact) mass is 363 g/mol. The second-order valence-electron chi connectivity index (χ2n) is 7.12. The topological polar surface area (TPSA) is 48.7 Å². The number of nitrogens with one attached hydrogen (secondary N) is 1. The van der Waals surface area contributed by atoms with Crippen LogP contribution < -0.4 is 5.32 Å². The van der Waals surface area contributed by atoms with Gasteiger partial charge in [-0.15, -0.1) is 0 Å². The minimum absolute atomic E-state index is 0.0461. The van der Waals surface area contributed by atoms with E-state index in [1.165, 1.54) is 5.39 Å². The van der Waals surface area contributed by atoms with Gasteiger partial charge in [0.1, 0.15) is 5.76 Å². The van der Waals surface area contributed by atoms with Crippen molar-refractivity contribution in [3.05, 3.63) is 66.6 Å². The molecular formula is C22H25N3O2. The molecule has 5 nitrogen and oxygen atoms in total. The molecule has 1 aromatic heterocycles. The molecule has 5 heteroatoms. The Morgan fingerprint density at radius 2 is 1.81 bits per heavy atom. The number of carbonyl (C=O) groups excluding carboxylic acids is 1. The Morgan fingerprint density at radius 3 is 2.56 bits per heavy atom. The molecule has 0 saturated carbocycles. The number of hydrogen-bond acceptors (Lipinski definition) is 4. The standard InChI is InChI=1S/C22H25N3O2/c1-17(25-12-10-24(11-13-25)16-21-7-4-14-27-21)22(26)23-20-9-8-18-5-2-3-6-19(18)15-20/h2-9,14-15,17H,10-13,16H2,1H3,(H,23,26). The van der Waals surface area contributed by atoms with E-state index in [0.29, 0.717) is 0 Å². The largest absolute Gasteiger partial charge is 0.468 e. The Hall–Kier alpha value is -2.63. The van der Waals surface area contributed by atoms with Crippen molar-refractivity contribution < 1.29 is 9.21 Å². The van der Waals surface area contributed by atoms with Gasteiger partial charge in [-0.25, -0.2) is 0 Å². The van der Waals surface area contributed by atoms with Crippen LogP contribution in [0.1, 0.15) is 12.7 Å². The Morgan fingerprint density at radius 1 is 1.04 bits per heavy atom. The van der Waals surface area contributed by atoms with Crippen LogP contribution in [0.3, 0.4) is 0 Å². The lowest BCUT2D eigenvalue weighted by Crippen LogP contribution is -2.52. The highest BCUT2D eigenvalue weighted by atomic mass is 16.3. The molecule has 140 valence electrons. The minimum atomic E-state index is -0.151. The molecule has 0 aliphatic carbocycles. The lowest BCUT2D eigenvalue weighted by molar-refractivity contribution is -0.121. The first-order valence-electron chi connectivity index (χ1n) is 9.47. The van der Waals surface area contributed by atoms with Gasteiger partial charge in [0, 0.05) is 31.9 Å². The fourth-order valence-corrected chi connectivity index (χ4v) is 3.61. The zero-order valence-corrected chi connectivity index (χ0v) is 15.6. The van der Waals surface area contributed by atoms with E-state index in [1.807, 2.05) is 49.4 Å². The maximum absolute atomic E-state index is 12.7. The second kappa shape index (κ2) is 7.94. The first-order valence-corrected chi connectivity index (χ1v) is 9.47. The Bertz CT molecular complexity index is 899. The summed E-state index contributed by atoms with van der Waals surface area (Å²) in [6.45, 7) is 6.46. The first kappa shape index (κ1) is 17.8. The summed E-state index contributed by atoms with van der Waals surface area (Å²) in [5, 5.41) is 5.38. The van der Waals surface area contributed by atoms with Gasteiger partial charge >= 0.3 is 0 Å². The number of furan rings is 1. The molecule has 0 spiro atoms. The quantitative estimate of drug-likeness (QED) is 0.753. The molecule has 27 heavy (non-hydrogen) atoms. The third kappa shape index (κ3) is 4.21. The Balaban J connectivity index is 1.32. The van der Waals surface area contributed by atoms with Gasteiger partial charge in [-0.2, -0.15) is 0 Å². The molecule has 1 unspecified atom stereocenters. The molecule has 1 aliphatic rings. The van der Waals surface area contributed by atoms with Crippen LogP contribution in [0.4, 0.5) is 5.69 Å². The molecule has 2 aromatic carbocycles. The van der Waals surface area contributed by atoms with Crippen molar-refractivity contribution in [3.63, 3.8) is 0 Å². The van der Waals surface area contributed by atoms with Crippen LogP contribution in [-0.2, 0) is 11.3 Å². The average Bonchev–Trinajstić information content (AvgIpc) is 3.21. The summed E-state index contributed by atoms with van der Waals surface area (Å²) in [5.74, 6) is 1.04. The smallest absolute Gasteiger partial charge is 0.241 e. The zero-order chi connectivity index (χ0) is 18.6. The van der Waals surface area contributed by atoms with E-state index >= 15 is 0 Å². The van der Waals surface area contributed by atoms with E-state index < -0.39 is 0 Å². The van der Waals surface area contributed by atoms with Crippen LogP contribution in [0.25, 0.3) is 10.8 Å². The van der Waals surface area contributed by atoms with Crippen molar-refractivity contribution >= 4 is 22.4 Å². The van der Waals surface area contributed by atoms with E-state index in [4.69, 9.17) is 4.42 Å². The van der Waals surface area contributed by atoms with Crippen LogP contribution in [-0.4, -0.2) is 47.9 Å². The van der Waals surface area contributed by atoms with Gasteiger partial charge in [-0.3, -0.25) is 14.6 Å². The third-order valence-electron chi connectivity index (χ3n) is 5.31. The summed E-state index contributed by atoms with van der Waals surface area (Å²) in [5.41, 5.74) is 0.849. The fourth-order valence-electron chi connectivity index (χ4n) is 3.61. The number of nitrogens with zero attached hydrogens (tertiary/aromatic N) is 2. The van der Waals surface area contributed by atoms with Gasteiger partial charge in [0.05, 0.1) is 18.8 Å². The summed E-state index contributed by atoms with van der Waals surface area (Å²) in [7, 11) is 0. The third-order valence-corrected chi connectivity index (χ3v) is 5.31. The zero-order valence-electron chi connectivity index (χ0n) is 15.6. The maximum Gasteiger partial charge on any atom is 0.241 e. The number of benzene rings is 2. The SMILES string of the molecule is CC(C(=O)Nc1ccc2ccccc2c1)N1CCN(Cc2ccco2)CC1. The molecule has 0 radical (unpaired) electrons. The van der Waals surface area contributed by atoms with Crippen molar-refractivity contribution in [1.29, 1.82) is 0 Å². The number of amides is 1. The molecule has 1 atom stereocenters. The highest BCUT2D eigenvalue weighted by Gasteiger charge is 2.25. The molecular weight excluding hydrogens is 338 g/mol. The summed E-state index contributed by atoms with van der Waals surface area (Å²) in [6, 6.07) is 18.0. The molecule has 4 rings (SSSR count). The Kier molecular flexibility index (Phi) is 5.23. The number of fused-ring (bicyclic) bond motifs is 1. The summed E-state index contributed by atoms with van der Waals surface area (Å²) in [4.78, 5) is 17.3. The van der Waals surface area contributed by atoms with Gasteiger partial charge in [0.15, 0.2) is 0 Å². The van der Waals surface area contributed by atoms with Gasteiger partial charge in [0.25, 0.3) is 0 Å². The second-order valence-corrected chi connectivity index (χ2v) is 7.12. The van der Waals surface area contributed by atoms with E-state index in [0.717, 1.165) is 49.6 Å². The number of anilines is 1. The summed E-state index contributed by atoms with van der Waals surface area (Å²) in [6.07, 6.45) is 1.71. The molecule has 1 N–H and O–H groups in total. The van der Waals surface area contributed by atoms with Crippen LogP contribution >= 0.6 is 0 Å². The van der Waals surface area contributed by atoms with E-state index in [9.17, 15) is 4.79 Å². The number of carbonyl (C=O) groups is 1. The van der Waals surface area contributed by atoms with Crippen molar-refractivity contribution in [2.75, 3.05) is 31.5 Å². The number of piperazine rings is 1. The molecule has 1 fully saturated rings. The predicted molar refractivity (Wildman–Crippen MR) is 108 cm³/mol. The van der Waals surface area contributed by atoms with Crippen molar-refractivity contribution in [3.8, 4) is 0 Å². The predicted octanol–water partition coefficient (Wildman–Crippen LogP) is 3.58. The van der Waals surface area contributed by atoms with Gasteiger partial charge in [-0.1, -0.05) is 30.3 Å². The lowest BCUT2D eigenvalue weighted by atomic mass is 10.1. The normalized spacial score (nSPS) is 17.1. The molecule has 2 heterocycles. The first-order chi connectivity index (χ1) is 13.2. The Labute approximate surface area is 159 Å². The molecule has 0 bridgehead atoms. The van der Waals surface area contributed by atoms with Crippen molar-refractivity contribution in [2.45, 2.75) is 19.5 Å². The minimum Gasteiger partial charge on any atom is -0.468 e.